The second-order valence-electron chi connectivity index (χ2n) is 2.72. The molecule has 0 fully saturated rings. The molecule has 0 aliphatic carbocycles. The normalized spacial score (nSPS) is 10.9. The first-order chi connectivity index (χ1) is 5.70. The SMILES string of the molecule is Cc1c[nH]c2c(P)c(Cl)ncc12. The van der Waals surface area contributed by atoms with Crippen molar-refractivity contribution in [2.75, 3.05) is 0 Å². The van der Waals surface area contributed by atoms with Crippen LogP contribution in [-0.4, -0.2) is 9.97 Å². The lowest BCUT2D eigenvalue weighted by Crippen LogP contribution is -1.97. The van der Waals surface area contributed by atoms with Gasteiger partial charge in [0.05, 0.1) is 5.52 Å². The van der Waals surface area contributed by atoms with E-state index in [2.05, 4.69) is 19.2 Å². The zero-order chi connectivity index (χ0) is 8.72. The van der Waals surface area contributed by atoms with Crippen molar-refractivity contribution in [3.05, 3.63) is 23.1 Å². The molecule has 2 aromatic heterocycles. The number of aromatic nitrogens is 2. The number of fused-ring (bicyclic) bond motifs is 1. The van der Waals surface area contributed by atoms with Crippen molar-refractivity contribution in [2.45, 2.75) is 6.92 Å². The molecule has 0 aliphatic heterocycles. The molecule has 62 valence electrons. The summed E-state index contributed by atoms with van der Waals surface area (Å²) in [6.45, 7) is 2.04. The Bertz CT molecular complexity index is 436. The lowest BCUT2D eigenvalue weighted by atomic mass is 10.2. The van der Waals surface area contributed by atoms with E-state index in [9.17, 15) is 0 Å². The molecule has 0 spiro atoms. The average molecular weight is 199 g/mol. The molecule has 0 bridgehead atoms. The highest BCUT2D eigenvalue weighted by atomic mass is 35.5. The molecule has 0 aliphatic rings. The molecule has 1 N–H and O–H groups in total. The molecule has 2 rings (SSSR count). The molecular formula is C8H8ClN2P. The van der Waals surface area contributed by atoms with E-state index in [0.29, 0.717) is 5.15 Å². The molecule has 1 unspecified atom stereocenters. The molecule has 2 heterocycles. The molecule has 0 saturated heterocycles. The minimum Gasteiger partial charge on any atom is -0.360 e. The number of hydrogen-bond donors (Lipinski definition) is 1. The number of halogens is 1. The van der Waals surface area contributed by atoms with Crippen molar-refractivity contribution >= 4 is 37.0 Å². The van der Waals surface area contributed by atoms with Crippen LogP contribution < -0.4 is 5.30 Å². The zero-order valence-corrected chi connectivity index (χ0v) is 8.47. The standard InChI is InChI=1S/C8H8ClN2P/c1-4-2-10-6-5(4)3-11-8(9)7(6)12/h2-3,10H,12H2,1H3. The Balaban J connectivity index is 2.93. The van der Waals surface area contributed by atoms with E-state index in [1.807, 2.05) is 13.1 Å². The minimum atomic E-state index is 0.536. The lowest BCUT2D eigenvalue weighted by molar-refractivity contribution is 1.37. The third-order valence-corrected chi connectivity index (χ3v) is 2.97. The van der Waals surface area contributed by atoms with Gasteiger partial charge in [-0.1, -0.05) is 20.8 Å². The van der Waals surface area contributed by atoms with E-state index in [-0.39, 0.29) is 0 Å². The van der Waals surface area contributed by atoms with Crippen molar-refractivity contribution in [3.8, 4) is 0 Å². The van der Waals surface area contributed by atoms with Crippen molar-refractivity contribution in [1.29, 1.82) is 0 Å². The Kier molecular flexibility index (Phi) is 1.82. The quantitative estimate of drug-likeness (QED) is 0.509. The third-order valence-electron chi connectivity index (χ3n) is 1.93. The Morgan fingerprint density at radius 3 is 3.08 bits per heavy atom. The number of H-pyrrole nitrogens is 1. The minimum absolute atomic E-state index is 0.536. The van der Waals surface area contributed by atoms with Crippen molar-refractivity contribution < 1.29 is 0 Å². The first kappa shape index (κ1) is 8.03. The fourth-order valence-electron chi connectivity index (χ4n) is 1.22. The lowest BCUT2D eigenvalue weighted by Gasteiger charge is -1.97. The van der Waals surface area contributed by atoms with Gasteiger partial charge >= 0.3 is 0 Å². The van der Waals surface area contributed by atoms with Gasteiger partial charge in [0.15, 0.2) is 0 Å². The molecule has 4 heteroatoms. The largest absolute Gasteiger partial charge is 0.360 e. The molecule has 0 radical (unpaired) electrons. The van der Waals surface area contributed by atoms with Crippen LogP contribution in [0.15, 0.2) is 12.4 Å². The van der Waals surface area contributed by atoms with Gasteiger partial charge in [0.1, 0.15) is 5.15 Å². The summed E-state index contributed by atoms with van der Waals surface area (Å²) in [5, 5.41) is 2.60. The highest BCUT2D eigenvalue weighted by Gasteiger charge is 2.05. The Hall–Kier alpha value is -0.590. The van der Waals surface area contributed by atoms with E-state index in [1.54, 1.807) is 6.20 Å². The maximum Gasteiger partial charge on any atom is 0.138 e. The summed E-state index contributed by atoms with van der Waals surface area (Å²) in [5.74, 6) is 0. The number of aryl methyl sites for hydroxylation is 1. The first-order valence-electron chi connectivity index (χ1n) is 3.58. The van der Waals surface area contributed by atoms with Crippen LogP contribution in [0.2, 0.25) is 5.15 Å². The molecule has 2 nitrogen and oxygen atoms in total. The number of aromatic amines is 1. The summed E-state index contributed by atoms with van der Waals surface area (Å²) in [7, 11) is 2.59. The number of nitrogens with one attached hydrogen (secondary N) is 1. The monoisotopic (exact) mass is 198 g/mol. The number of pyridine rings is 1. The van der Waals surface area contributed by atoms with Gasteiger partial charge in [0, 0.05) is 23.1 Å². The molecule has 0 aromatic carbocycles. The van der Waals surface area contributed by atoms with Crippen LogP contribution in [-0.2, 0) is 0 Å². The van der Waals surface area contributed by atoms with Crippen molar-refractivity contribution in [3.63, 3.8) is 0 Å². The van der Waals surface area contributed by atoms with E-state index < -0.39 is 0 Å². The molecule has 12 heavy (non-hydrogen) atoms. The first-order valence-corrected chi connectivity index (χ1v) is 4.53. The third kappa shape index (κ3) is 1.03. The summed E-state index contributed by atoms with van der Waals surface area (Å²) in [6, 6.07) is 0. The summed E-state index contributed by atoms with van der Waals surface area (Å²) in [4.78, 5) is 7.22. The second-order valence-corrected chi connectivity index (χ2v) is 3.66. The van der Waals surface area contributed by atoms with Gasteiger partial charge in [0.25, 0.3) is 0 Å². The van der Waals surface area contributed by atoms with E-state index in [0.717, 1.165) is 16.2 Å². The van der Waals surface area contributed by atoms with Crippen LogP contribution in [0.4, 0.5) is 0 Å². The highest BCUT2D eigenvalue weighted by molar-refractivity contribution is 7.28. The van der Waals surface area contributed by atoms with Crippen LogP contribution >= 0.6 is 20.8 Å². The zero-order valence-electron chi connectivity index (χ0n) is 6.56. The number of hydrogen-bond acceptors (Lipinski definition) is 1. The van der Waals surface area contributed by atoms with E-state index in [1.165, 1.54) is 5.56 Å². The predicted molar refractivity (Wildman–Crippen MR) is 55.2 cm³/mol. The number of nitrogens with zero attached hydrogens (tertiary/aromatic N) is 1. The Morgan fingerprint density at radius 1 is 1.58 bits per heavy atom. The summed E-state index contributed by atoms with van der Waals surface area (Å²) < 4.78 is 0. The van der Waals surface area contributed by atoms with Crippen LogP contribution in [0.25, 0.3) is 10.9 Å². The van der Waals surface area contributed by atoms with Crippen LogP contribution in [0, 0.1) is 6.92 Å². The van der Waals surface area contributed by atoms with E-state index in [4.69, 9.17) is 11.6 Å². The van der Waals surface area contributed by atoms with Gasteiger partial charge in [-0.15, -0.1) is 0 Å². The van der Waals surface area contributed by atoms with Gasteiger partial charge in [-0.25, -0.2) is 4.98 Å². The number of rotatable bonds is 0. The van der Waals surface area contributed by atoms with Gasteiger partial charge in [-0.2, -0.15) is 0 Å². The van der Waals surface area contributed by atoms with Crippen LogP contribution in [0.1, 0.15) is 5.56 Å². The second kappa shape index (κ2) is 2.72. The summed E-state index contributed by atoms with van der Waals surface area (Å²) in [6.07, 6.45) is 3.74. The molecule has 0 saturated carbocycles. The molecule has 2 aromatic rings. The van der Waals surface area contributed by atoms with Crippen LogP contribution in [0.3, 0.4) is 0 Å². The van der Waals surface area contributed by atoms with Crippen molar-refractivity contribution in [1.82, 2.24) is 9.97 Å². The summed E-state index contributed by atoms with van der Waals surface area (Å²) in [5.41, 5.74) is 2.25. The average Bonchev–Trinajstić information content (AvgIpc) is 2.41. The summed E-state index contributed by atoms with van der Waals surface area (Å²) >= 11 is 5.84. The predicted octanol–water partition coefficient (Wildman–Crippen LogP) is 2.03. The maximum atomic E-state index is 5.84. The maximum absolute atomic E-state index is 5.84. The van der Waals surface area contributed by atoms with E-state index >= 15 is 0 Å². The van der Waals surface area contributed by atoms with Gasteiger partial charge < -0.3 is 4.98 Å². The Morgan fingerprint density at radius 2 is 2.33 bits per heavy atom. The van der Waals surface area contributed by atoms with Gasteiger partial charge in [-0.3, -0.25) is 0 Å². The van der Waals surface area contributed by atoms with Crippen LogP contribution in [0.5, 0.6) is 0 Å². The van der Waals surface area contributed by atoms with Gasteiger partial charge in [-0.05, 0) is 12.5 Å². The van der Waals surface area contributed by atoms with Crippen molar-refractivity contribution in [2.24, 2.45) is 0 Å². The topological polar surface area (TPSA) is 28.7 Å². The highest BCUT2D eigenvalue weighted by Crippen LogP contribution is 2.18. The van der Waals surface area contributed by atoms with Gasteiger partial charge in [0.2, 0.25) is 0 Å². The Labute approximate surface area is 77.5 Å². The fraction of sp³-hybridized carbons (Fsp3) is 0.125. The molecular weight excluding hydrogens is 191 g/mol. The smallest absolute Gasteiger partial charge is 0.138 e. The molecule has 1 atom stereocenters. The fourth-order valence-corrected chi connectivity index (χ4v) is 1.67. The molecule has 0 amide bonds.